The van der Waals surface area contributed by atoms with Gasteiger partial charge in [-0.1, -0.05) is 145 Å². The molecule has 8 unspecified atom stereocenters. The van der Waals surface area contributed by atoms with Gasteiger partial charge in [0.15, 0.2) is 0 Å². The van der Waals surface area contributed by atoms with E-state index >= 15 is 0 Å². The average molecular weight is 591 g/mol. The number of rotatable bonds is 24. The van der Waals surface area contributed by atoms with E-state index in [2.05, 4.69) is 66.0 Å². The molecule has 0 saturated heterocycles. The van der Waals surface area contributed by atoms with E-state index in [1.807, 2.05) is 0 Å². The second-order valence-electron chi connectivity index (χ2n) is 14.5. The van der Waals surface area contributed by atoms with Crippen molar-refractivity contribution in [3.05, 3.63) is 0 Å². The van der Waals surface area contributed by atoms with Crippen molar-refractivity contribution >= 4 is 11.8 Å². The van der Waals surface area contributed by atoms with E-state index in [4.69, 9.17) is 0 Å². The average Bonchev–Trinajstić information content (AvgIpc) is 2.96. The summed E-state index contributed by atoms with van der Waals surface area (Å²) < 4.78 is 0. The zero-order valence-electron chi connectivity index (χ0n) is 29.6. The molecule has 0 aromatic carbocycles. The lowest BCUT2D eigenvalue weighted by atomic mass is 9.77. The van der Waals surface area contributed by atoms with Crippen molar-refractivity contribution in [3.8, 4) is 0 Å². The molecule has 8 atom stereocenters. The first-order valence-corrected chi connectivity index (χ1v) is 18.8. The fourth-order valence-corrected chi connectivity index (χ4v) is 7.75. The third-order valence-electron chi connectivity index (χ3n) is 10.5. The van der Waals surface area contributed by atoms with Crippen LogP contribution < -0.4 is 10.6 Å². The molecular formula is C38H74N2O2. The Balaban J connectivity index is 2.99. The minimum absolute atomic E-state index is 0.0508. The Morgan fingerprint density at radius 1 is 0.500 bits per heavy atom. The van der Waals surface area contributed by atoms with Crippen molar-refractivity contribution in [2.75, 3.05) is 0 Å². The molecule has 0 aromatic heterocycles. The highest BCUT2D eigenvalue weighted by molar-refractivity contribution is 5.81. The number of amides is 2. The first-order chi connectivity index (χ1) is 20.2. The molecule has 0 bridgehead atoms. The molecule has 0 radical (unpaired) electrons. The topological polar surface area (TPSA) is 58.2 Å². The molecule has 4 nitrogen and oxygen atoms in total. The van der Waals surface area contributed by atoms with Gasteiger partial charge in [-0.05, 0) is 62.2 Å². The highest BCUT2D eigenvalue weighted by Crippen LogP contribution is 2.32. The number of nitrogens with one attached hydrogen (secondary N) is 2. The smallest absolute Gasteiger partial charge is 0.223 e. The minimum atomic E-state index is 0.0508. The second-order valence-corrected chi connectivity index (χ2v) is 14.5. The molecule has 2 N–H and O–H groups in total. The molecule has 0 heterocycles. The predicted molar refractivity (Wildman–Crippen MR) is 183 cm³/mol. The lowest BCUT2D eigenvalue weighted by molar-refractivity contribution is -0.132. The van der Waals surface area contributed by atoms with Gasteiger partial charge in [-0.15, -0.1) is 0 Å². The van der Waals surface area contributed by atoms with Crippen molar-refractivity contribution in [1.29, 1.82) is 0 Å². The van der Waals surface area contributed by atoms with E-state index in [9.17, 15) is 9.59 Å². The molecule has 248 valence electrons. The summed E-state index contributed by atoms with van der Waals surface area (Å²) in [5.41, 5.74) is 0. The van der Waals surface area contributed by atoms with Crippen LogP contribution in [0.2, 0.25) is 0 Å². The summed E-state index contributed by atoms with van der Waals surface area (Å²) >= 11 is 0. The zero-order valence-corrected chi connectivity index (χ0v) is 29.6. The van der Waals surface area contributed by atoms with E-state index < -0.39 is 0 Å². The molecular weight excluding hydrogens is 516 g/mol. The first kappa shape index (κ1) is 39.0. The maximum atomic E-state index is 14.0. The minimum Gasteiger partial charge on any atom is -0.351 e. The zero-order chi connectivity index (χ0) is 31.3. The van der Waals surface area contributed by atoms with Gasteiger partial charge in [-0.25, -0.2) is 0 Å². The van der Waals surface area contributed by atoms with Gasteiger partial charge in [0.05, 0.1) is 0 Å². The van der Waals surface area contributed by atoms with E-state index in [-0.39, 0.29) is 35.7 Å². The SMILES string of the molecule is CCCCCCC(C)C(C(=O)NC1CCCCC1NC(=O)C(C(C)CCCC)C(C)CCCCCC)C(C)CCCC. The summed E-state index contributed by atoms with van der Waals surface area (Å²) in [6.45, 7) is 18.2. The van der Waals surface area contributed by atoms with Crippen molar-refractivity contribution in [2.45, 2.75) is 196 Å². The van der Waals surface area contributed by atoms with Crippen LogP contribution in [0.5, 0.6) is 0 Å². The van der Waals surface area contributed by atoms with Crippen LogP contribution in [0.1, 0.15) is 184 Å². The molecule has 0 aromatic rings. The molecule has 1 aliphatic carbocycles. The molecule has 0 spiro atoms. The molecule has 0 aliphatic heterocycles. The normalized spacial score (nSPS) is 21.6. The Morgan fingerprint density at radius 3 is 1.12 bits per heavy atom. The Labute approximate surface area is 263 Å². The van der Waals surface area contributed by atoms with Gasteiger partial charge in [-0.2, -0.15) is 0 Å². The number of carbonyl (C=O) groups excluding carboxylic acids is 2. The highest BCUT2D eigenvalue weighted by Gasteiger charge is 2.36. The van der Waals surface area contributed by atoms with Gasteiger partial charge in [0.2, 0.25) is 11.8 Å². The van der Waals surface area contributed by atoms with Crippen LogP contribution in [0.3, 0.4) is 0 Å². The summed E-state index contributed by atoms with van der Waals surface area (Å²) in [6.07, 6.45) is 23.5. The molecule has 1 rings (SSSR count). The standard InChI is InChI=1S/C38H74N2O2/c1-9-13-17-19-25-31(7)35(29(5)23-15-11-3)37(41)39-33-27-21-22-28-34(33)40-38(42)36(30(6)24-16-12-4)32(8)26-20-18-14-10-2/h29-36H,9-28H2,1-8H3,(H,39,41)(H,40,42). The van der Waals surface area contributed by atoms with Crippen LogP contribution in [-0.2, 0) is 9.59 Å². The fraction of sp³-hybridized carbons (Fsp3) is 0.947. The van der Waals surface area contributed by atoms with E-state index in [1.54, 1.807) is 0 Å². The van der Waals surface area contributed by atoms with Crippen LogP contribution in [0.15, 0.2) is 0 Å². The van der Waals surface area contributed by atoms with Gasteiger partial charge >= 0.3 is 0 Å². The Morgan fingerprint density at radius 2 is 0.810 bits per heavy atom. The largest absolute Gasteiger partial charge is 0.351 e. The summed E-state index contributed by atoms with van der Waals surface area (Å²) in [7, 11) is 0. The van der Waals surface area contributed by atoms with Crippen LogP contribution in [0.4, 0.5) is 0 Å². The quantitative estimate of drug-likeness (QED) is 0.110. The van der Waals surface area contributed by atoms with Crippen LogP contribution in [0, 0.1) is 35.5 Å². The van der Waals surface area contributed by atoms with Crippen molar-refractivity contribution in [3.63, 3.8) is 0 Å². The number of carbonyl (C=O) groups is 2. The molecule has 42 heavy (non-hydrogen) atoms. The molecule has 1 aliphatic rings. The van der Waals surface area contributed by atoms with E-state index in [1.165, 1.54) is 77.0 Å². The monoisotopic (exact) mass is 591 g/mol. The van der Waals surface area contributed by atoms with Crippen LogP contribution >= 0.6 is 0 Å². The van der Waals surface area contributed by atoms with Gasteiger partial charge in [0.1, 0.15) is 0 Å². The van der Waals surface area contributed by atoms with Crippen LogP contribution in [-0.4, -0.2) is 23.9 Å². The maximum Gasteiger partial charge on any atom is 0.223 e. The lowest BCUT2D eigenvalue weighted by Gasteiger charge is -2.38. The Kier molecular flexibility index (Phi) is 21.7. The molecule has 2 amide bonds. The number of unbranched alkanes of at least 4 members (excludes halogenated alkanes) is 8. The van der Waals surface area contributed by atoms with Crippen LogP contribution in [0.25, 0.3) is 0 Å². The summed E-state index contributed by atoms with van der Waals surface area (Å²) in [4.78, 5) is 28.0. The van der Waals surface area contributed by atoms with Gasteiger partial charge in [-0.3, -0.25) is 9.59 Å². The fourth-order valence-electron chi connectivity index (χ4n) is 7.75. The Bertz CT molecular complexity index is 637. The van der Waals surface area contributed by atoms with Crippen molar-refractivity contribution in [1.82, 2.24) is 10.6 Å². The van der Waals surface area contributed by atoms with Crippen molar-refractivity contribution < 1.29 is 9.59 Å². The highest BCUT2D eigenvalue weighted by atomic mass is 16.2. The maximum absolute atomic E-state index is 14.0. The summed E-state index contributed by atoms with van der Waals surface area (Å²) in [6, 6.07) is 0.102. The summed E-state index contributed by atoms with van der Waals surface area (Å²) in [5, 5.41) is 7.08. The number of hydrogen-bond donors (Lipinski definition) is 2. The van der Waals surface area contributed by atoms with E-state index in [0.717, 1.165) is 51.4 Å². The first-order valence-electron chi connectivity index (χ1n) is 18.8. The molecule has 1 saturated carbocycles. The van der Waals surface area contributed by atoms with Crippen molar-refractivity contribution in [2.24, 2.45) is 35.5 Å². The Hall–Kier alpha value is -1.06. The van der Waals surface area contributed by atoms with E-state index in [0.29, 0.717) is 23.7 Å². The molecule has 4 heteroatoms. The predicted octanol–water partition coefficient (Wildman–Crippen LogP) is 10.6. The molecule has 1 fully saturated rings. The third-order valence-corrected chi connectivity index (χ3v) is 10.5. The third kappa shape index (κ3) is 14.6. The number of hydrogen-bond acceptors (Lipinski definition) is 2. The van der Waals surface area contributed by atoms with Gasteiger partial charge in [0.25, 0.3) is 0 Å². The summed E-state index contributed by atoms with van der Waals surface area (Å²) in [5.74, 6) is 2.16. The lowest BCUT2D eigenvalue weighted by Crippen LogP contribution is -2.56. The van der Waals surface area contributed by atoms with Gasteiger partial charge < -0.3 is 10.6 Å². The second kappa shape index (κ2) is 23.3. The van der Waals surface area contributed by atoms with Gasteiger partial charge in [0, 0.05) is 23.9 Å².